The molecule has 1 saturated heterocycles. The zero-order valence-corrected chi connectivity index (χ0v) is 12.8. The van der Waals surface area contributed by atoms with Crippen molar-refractivity contribution in [3.05, 3.63) is 35.1 Å². The van der Waals surface area contributed by atoms with Crippen LogP contribution in [-0.2, 0) is 11.3 Å². The minimum Gasteiger partial charge on any atom is -0.389 e. The van der Waals surface area contributed by atoms with Gasteiger partial charge in [0.05, 0.1) is 6.10 Å². The van der Waals surface area contributed by atoms with Crippen LogP contribution in [0.15, 0.2) is 18.2 Å². The van der Waals surface area contributed by atoms with Crippen molar-refractivity contribution in [1.82, 2.24) is 4.90 Å². The normalized spacial score (nSPS) is 23.8. The number of ether oxygens (including phenoxy) is 1. The second-order valence-corrected chi connectivity index (χ2v) is 5.86. The summed E-state index contributed by atoms with van der Waals surface area (Å²) in [5, 5.41) is 0. The van der Waals surface area contributed by atoms with Crippen LogP contribution in [0.2, 0.25) is 0 Å². The van der Waals surface area contributed by atoms with Crippen molar-refractivity contribution in [3.63, 3.8) is 0 Å². The van der Waals surface area contributed by atoms with E-state index >= 15 is 0 Å². The van der Waals surface area contributed by atoms with Gasteiger partial charge in [-0.05, 0) is 24.9 Å². The topological polar surface area (TPSA) is 38.5 Å². The molecule has 0 bridgehead atoms. The molecule has 2 unspecified atom stereocenters. The van der Waals surface area contributed by atoms with Crippen molar-refractivity contribution in [3.8, 4) is 0 Å². The maximum atomic E-state index is 14.3. The van der Waals surface area contributed by atoms with Crippen LogP contribution in [0.1, 0.15) is 24.5 Å². The van der Waals surface area contributed by atoms with Crippen molar-refractivity contribution in [2.75, 3.05) is 20.2 Å². The first-order chi connectivity index (χ1) is 9.52. The van der Waals surface area contributed by atoms with Crippen molar-refractivity contribution in [1.29, 1.82) is 0 Å². The van der Waals surface area contributed by atoms with Gasteiger partial charge < -0.3 is 10.5 Å². The van der Waals surface area contributed by atoms with E-state index in [1.54, 1.807) is 25.3 Å². The third-order valence-electron chi connectivity index (χ3n) is 4.01. The van der Waals surface area contributed by atoms with E-state index in [0.717, 1.165) is 19.5 Å². The number of likely N-dealkylation sites (tertiary alicyclic amines) is 1. The van der Waals surface area contributed by atoms with E-state index in [1.807, 2.05) is 0 Å². The highest BCUT2D eigenvalue weighted by atomic mass is 32.1. The summed E-state index contributed by atoms with van der Waals surface area (Å²) in [5.41, 5.74) is 6.50. The number of hydrogen-bond donors (Lipinski definition) is 1. The van der Waals surface area contributed by atoms with Gasteiger partial charge in [0.1, 0.15) is 10.8 Å². The lowest BCUT2D eigenvalue weighted by atomic mass is 9.95. The van der Waals surface area contributed by atoms with Crippen LogP contribution in [0.3, 0.4) is 0 Å². The number of thiocarbonyl (C=S) groups is 1. The number of methoxy groups -OCH3 is 1. The molecule has 2 rings (SSSR count). The third kappa shape index (κ3) is 3.34. The van der Waals surface area contributed by atoms with Gasteiger partial charge in [-0.1, -0.05) is 31.3 Å². The fraction of sp³-hybridized carbons (Fsp3) is 0.533. The quantitative estimate of drug-likeness (QED) is 0.866. The Morgan fingerprint density at radius 2 is 2.30 bits per heavy atom. The molecule has 20 heavy (non-hydrogen) atoms. The maximum absolute atomic E-state index is 14.3. The molecule has 0 amide bonds. The van der Waals surface area contributed by atoms with E-state index in [2.05, 4.69) is 11.8 Å². The fourth-order valence-corrected chi connectivity index (χ4v) is 2.84. The van der Waals surface area contributed by atoms with Gasteiger partial charge in [0.25, 0.3) is 0 Å². The molecule has 1 fully saturated rings. The molecule has 1 heterocycles. The van der Waals surface area contributed by atoms with E-state index in [1.165, 1.54) is 0 Å². The van der Waals surface area contributed by atoms with Crippen LogP contribution >= 0.6 is 12.2 Å². The molecule has 0 saturated carbocycles. The number of hydrogen-bond acceptors (Lipinski definition) is 3. The minimum atomic E-state index is -0.299. The molecule has 0 aliphatic carbocycles. The Morgan fingerprint density at radius 3 is 2.95 bits per heavy atom. The monoisotopic (exact) mass is 296 g/mol. The molecular formula is C15H21FN2OS. The molecule has 1 aliphatic rings. The fourth-order valence-electron chi connectivity index (χ4n) is 2.68. The van der Waals surface area contributed by atoms with Gasteiger partial charge in [0.2, 0.25) is 0 Å². The summed E-state index contributed by atoms with van der Waals surface area (Å²) in [6, 6.07) is 5.21. The highest BCUT2D eigenvalue weighted by Gasteiger charge is 2.26. The predicted octanol–water partition coefficient (Wildman–Crippen LogP) is 2.32. The van der Waals surface area contributed by atoms with Crippen molar-refractivity contribution in [2.45, 2.75) is 26.0 Å². The second kappa shape index (κ2) is 6.61. The first kappa shape index (κ1) is 15.4. The SMILES string of the molecule is COC1CN(Cc2cccc(C(N)=S)c2F)CCC1C. The molecule has 0 radical (unpaired) electrons. The van der Waals surface area contributed by atoms with Gasteiger partial charge in [0.15, 0.2) is 0 Å². The van der Waals surface area contributed by atoms with Crippen molar-refractivity contribution >= 4 is 17.2 Å². The highest BCUT2D eigenvalue weighted by Crippen LogP contribution is 2.22. The summed E-state index contributed by atoms with van der Waals surface area (Å²) >= 11 is 4.87. The standard InChI is InChI=1S/C15H21FN2OS/c1-10-6-7-18(9-13(10)19-2)8-11-4-3-5-12(14(11)16)15(17)20/h3-5,10,13H,6-9H2,1-2H3,(H2,17,20). The van der Waals surface area contributed by atoms with Gasteiger partial charge in [-0.15, -0.1) is 0 Å². The van der Waals surface area contributed by atoms with Gasteiger partial charge in [-0.3, -0.25) is 4.90 Å². The number of piperidine rings is 1. The Bertz CT molecular complexity index is 495. The van der Waals surface area contributed by atoms with E-state index in [9.17, 15) is 4.39 Å². The maximum Gasteiger partial charge on any atom is 0.137 e. The molecule has 0 aromatic heterocycles. The first-order valence-electron chi connectivity index (χ1n) is 6.85. The largest absolute Gasteiger partial charge is 0.389 e. The average molecular weight is 296 g/mol. The van der Waals surface area contributed by atoms with Crippen molar-refractivity contribution < 1.29 is 9.13 Å². The number of rotatable bonds is 4. The Balaban J connectivity index is 2.11. The lowest BCUT2D eigenvalue weighted by molar-refractivity contribution is -0.00772. The number of nitrogens with zero attached hydrogens (tertiary/aromatic N) is 1. The first-order valence-corrected chi connectivity index (χ1v) is 7.26. The van der Waals surface area contributed by atoms with Crippen LogP contribution in [0.5, 0.6) is 0 Å². The predicted molar refractivity (Wildman–Crippen MR) is 82.1 cm³/mol. The molecule has 2 N–H and O–H groups in total. The Labute approximate surface area is 124 Å². The molecule has 0 spiro atoms. The van der Waals surface area contributed by atoms with Gasteiger partial charge in [-0.25, -0.2) is 4.39 Å². The lowest BCUT2D eigenvalue weighted by Crippen LogP contribution is -2.43. The Morgan fingerprint density at radius 1 is 1.55 bits per heavy atom. The van der Waals surface area contributed by atoms with Crippen LogP contribution < -0.4 is 5.73 Å². The molecule has 2 atom stereocenters. The zero-order chi connectivity index (χ0) is 14.7. The van der Waals surface area contributed by atoms with Crippen LogP contribution in [0.25, 0.3) is 0 Å². The molecule has 110 valence electrons. The van der Waals surface area contributed by atoms with Crippen LogP contribution in [0, 0.1) is 11.7 Å². The average Bonchev–Trinajstić information content (AvgIpc) is 2.42. The van der Waals surface area contributed by atoms with Crippen LogP contribution in [0.4, 0.5) is 4.39 Å². The molecule has 1 aliphatic heterocycles. The lowest BCUT2D eigenvalue weighted by Gasteiger charge is -2.36. The van der Waals surface area contributed by atoms with Gasteiger partial charge >= 0.3 is 0 Å². The number of nitrogens with two attached hydrogens (primary N) is 1. The van der Waals surface area contributed by atoms with E-state index in [0.29, 0.717) is 23.6 Å². The zero-order valence-electron chi connectivity index (χ0n) is 11.9. The van der Waals surface area contributed by atoms with E-state index in [4.69, 9.17) is 22.7 Å². The Kier molecular flexibility index (Phi) is 5.07. The van der Waals surface area contributed by atoms with E-state index in [-0.39, 0.29) is 16.9 Å². The number of benzene rings is 1. The van der Waals surface area contributed by atoms with Gasteiger partial charge in [-0.2, -0.15) is 0 Å². The van der Waals surface area contributed by atoms with E-state index < -0.39 is 0 Å². The summed E-state index contributed by atoms with van der Waals surface area (Å²) in [6.45, 7) is 4.54. The molecule has 1 aromatic carbocycles. The smallest absolute Gasteiger partial charge is 0.137 e. The summed E-state index contributed by atoms with van der Waals surface area (Å²) < 4.78 is 19.8. The second-order valence-electron chi connectivity index (χ2n) is 5.42. The summed E-state index contributed by atoms with van der Waals surface area (Å²) in [4.78, 5) is 2.32. The molecular weight excluding hydrogens is 275 g/mol. The summed E-state index contributed by atoms with van der Waals surface area (Å²) in [7, 11) is 1.73. The Hall–Kier alpha value is -1.04. The van der Waals surface area contributed by atoms with Gasteiger partial charge in [0, 0.05) is 31.3 Å². The number of halogens is 1. The summed E-state index contributed by atoms with van der Waals surface area (Å²) in [5.74, 6) is 0.247. The molecule has 1 aromatic rings. The van der Waals surface area contributed by atoms with Crippen molar-refractivity contribution in [2.24, 2.45) is 11.7 Å². The molecule has 3 nitrogen and oxygen atoms in total. The molecule has 5 heteroatoms. The summed E-state index contributed by atoms with van der Waals surface area (Å²) in [6.07, 6.45) is 1.28. The highest BCUT2D eigenvalue weighted by molar-refractivity contribution is 7.80. The van der Waals surface area contributed by atoms with Crippen LogP contribution in [-0.4, -0.2) is 36.2 Å². The minimum absolute atomic E-state index is 0.103. The third-order valence-corrected chi connectivity index (χ3v) is 4.23.